The molecule has 2 aromatic rings. The number of benzene rings is 2. The molecule has 0 heterocycles. The Balaban J connectivity index is 2.66. The number of halogens is 4. The van der Waals surface area contributed by atoms with Crippen molar-refractivity contribution in [3.8, 4) is 11.1 Å². The van der Waals surface area contributed by atoms with E-state index < -0.39 is 11.7 Å². The summed E-state index contributed by atoms with van der Waals surface area (Å²) in [4.78, 5) is 1.82. The summed E-state index contributed by atoms with van der Waals surface area (Å²) >= 11 is 6.07. The van der Waals surface area contributed by atoms with Crippen LogP contribution in [0.3, 0.4) is 0 Å². The zero-order valence-electron chi connectivity index (χ0n) is 11.0. The van der Waals surface area contributed by atoms with Gasteiger partial charge in [-0.25, -0.2) is 0 Å². The molecule has 0 saturated carbocycles. The number of alkyl halides is 3. The first kappa shape index (κ1) is 14.7. The summed E-state index contributed by atoms with van der Waals surface area (Å²) in [5, 5.41) is 0.298. The number of nitrogens with zero attached hydrogens (tertiary/aromatic N) is 1. The quantitative estimate of drug-likeness (QED) is 0.746. The van der Waals surface area contributed by atoms with E-state index in [1.807, 2.05) is 19.0 Å². The van der Waals surface area contributed by atoms with Crippen molar-refractivity contribution < 1.29 is 13.2 Å². The van der Waals surface area contributed by atoms with Crippen molar-refractivity contribution >= 4 is 17.3 Å². The number of hydrogen-bond donors (Lipinski definition) is 0. The van der Waals surface area contributed by atoms with Gasteiger partial charge in [0.15, 0.2) is 0 Å². The molecule has 0 unspecified atom stereocenters. The molecular formula is C15H13ClF3N. The minimum Gasteiger partial charge on any atom is -0.378 e. The fraction of sp³-hybridized carbons (Fsp3) is 0.200. The van der Waals surface area contributed by atoms with Gasteiger partial charge in [0.2, 0.25) is 0 Å². The van der Waals surface area contributed by atoms with Crippen LogP contribution in [0.2, 0.25) is 5.02 Å². The van der Waals surface area contributed by atoms with E-state index in [2.05, 4.69) is 0 Å². The van der Waals surface area contributed by atoms with Gasteiger partial charge in [-0.1, -0.05) is 29.8 Å². The van der Waals surface area contributed by atoms with Crippen LogP contribution in [0.1, 0.15) is 5.56 Å². The fourth-order valence-electron chi connectivity index (χ4n) is 1.96. The Morgan fingerprint density at radius 1 is 0.950 bits per heavy atom. The molecule has 0 fully saturated rings. The predicted octanol–water partition coefficient (Wildman–Crippen LogP) is 5.09. The van der Waals surface area contributed by atoms with Crippen LogP contribution in [-0.2, 0) is 6.18 Å². The first-order valence-corrected chi connectivity index (χ1v) is 6.32. The van der Waals surface area contributed by atoms with Crippen LogP contribution in [-0.4, -0.2) is 14.1 Å². The van der Waals surface area contributed by atoms with Crippen LogP contribution in [0.25, 0.3) is 11.1 Å². The van der Waals surface area contributed by atoms with Crippen LogP contribution in [0.5, 0.6) is 0 Å². The zero-order valence-corrected chi connectivity index (χ0v) is 11.8. The molecule has 2 aromatic carbocycles. The lowest BCUT2D eigenvalue weighted by Gasteiger charge is -2.17. The van der Waals surface area contributed by atoms with Crippen LogP contribution >= 0.6 is 11.6 Å². The lowest BCUT2D eigenvalue weighted by Crippen LogP contribution is -2.09. The topological polar surface area (TPSA) is 3.24 Å². The highest BCUT2D eigenvalue weighted by Gasteiger charge is 2.33. The number of hydrogen-bond acceptors (Lipinski definition) is 1. The van der Waals surface area contributed by atoms with Gasteiger partial charge in [0.05, 0.1) is 5.56 Å². The highest BCUT2D eigenvalue weighted by Crippen LogP contribution is 2.40. The van der Waals surface area contributed by atoms with Crippen LogP contribution < -0.4 is 4.90 Å². The Morgan fingerprint density at radius 2 is 1.60 bits per heavy atom. The zero-order chi connectivity index (χ0) is 14.9. The highest BCUT2D eigenvalue weighted by molar-refractivity contribution is 6.33. The van der Waals surface area contributed by atoms with Crippen molar-refractivity contribution in [1.29, 1.82) is 0 Å². The van der Waals surface area contributed by atoms with Gasteiger partial charge < -0.3 is 4.90 Å². The number of anilines is 1. The Morgan fingerprint density at radius 3 is 2.20 bits per heavy atom. The first-order valence-electron chi connectivity index (χ1n) is 5.94. The summed E-state index contributed by atoms with van der Waals surface area (Å²) in [6.07, 6.45) is -4.41. The van der Waals surface area contributed by atoms with Crippen molar-refractivity contribution in [2.75, 3.05) is 19.0 Å². The SMILES string of the molecule is CN(C)c1ccc(Cl)c(-c2ccccc2C(F)(F)F)c1. The third-order valence-corrected chi connectivity index (χ3v) is 3.32. The van der Waals surface area contributed by atoms with Gasteiger partial charge in [0, 0.05) is 30.4 Å². The van der Waals surface area contributed by atoms with Gasteiger partial charge in [0.1, 0.15) is 0 Å². The first-order chi connectivity index (χ1) is 9.30. The van der Waals surface area contributed by atoms with Crippen molar-refractivity contribution in [1.82, 2.24) is 0 Å². The summed E-state index contributed by atoms with van der Waals surface area (Å²) in [5.74, 6) is 0. The molecule has 0 aliphatic carbocycles. The van der Waals surface area contributed by atoms with Crippen LogP contribution in [0, 0.1) is 0 Å². The average Bonchev–Trinajstić information content (AvgIpc) is 2.38. The number of rotatable bonds is 2. The molecule has 0 saturated heterocycles. The molecule has 0 radical (unpaired) electrons. The van der Waals surface area contributed by atoms with E-state index in [0.29, 0.717) is 10.6 Å². The second-order valence-corrected chi connectivity index (χ2v) is 5.01. The fourth-order valence-corrected chi connectivity index (χ4v) is 2.18. The predicted molar refractivity (Wildman–Crippen MR) is 76.2 cm³/mol. The monoisotopic (exact) mass is 299 g/mol. The van der Waals surface area contributed by atoms with Gasteiger partial charge in [-0.15, -0.1) is 0 Å². The Labute approximate surface area is 120 Å². The van der Waals surface area contributed by atoms with Crippen molar-refractivity contribution in [3.63, 3.8) is 0 Å². The average molecular weight is 300 g/mol. The summed E-state index contributed by atoms with van der Waals surface area (Å²) < 4.78 is 39.2. The van der Waals surface area contributed by atoms with E-state index in [0.717, 1.165) is 11.8 Å². The third-order valence-electron chi connectivity index (χ3n) is 2.99. The van der Waals surface area contributed by atoms with Crippen LogP contribution in [0.4, 0.5) is 18.9 Å². The largest absolute Gasteiger partial charge is 0.417 e. The van der Waals surface area contributed by atoms with E-state index in [9.17, 15) is 13.2 Å². The molecule has 0 spiro atoms. The normalized spacial score (nSPS) is 11.5. The molecule has 0 bridgehead atoms. The summed E-state index contributed by atoms with van der Waals surface area (Å²) in [7, 11) is 3.64. The minimum absolute atomic E-state index is 0.0914. The smallest absolute Gasteiger partial charge is 0.378 e. The van der Waals surface area contributed by atoms with E-state index >= 15 is 0 Å². The standard InChI is InChI=1S/C15H13ClF3N/c1-20(2)10-7-8-14(16)12(9-10)11-5-3-4-6-13(11)15(17,18)19/h3-9H,1-2H3. The summed E-state index contributed by atoms with van der Waals surface area (Å²) in [5.41, 5.74) is 0.582. The molecule has 0 aliphatic heterocycles. The maximum atomic E-state index is 13.1. The maximum absolute atomic E-state index is 13.1. The van der Waals surface area contributed by atoms with E-state index in [1.54, 1.807) is 24.3 Å². The Bertz CT molecular complexity index is 621. The molecule has 0 N–H and O–H groups in total. The Hall–Kier alpha value is -1.68. The molecule has 0 atom stereocenters. The Kier molecular flexibility index (Phi) is 3.95. The van der Waals surface area contributed by atoms with Gasteiger partial charge in [-0.05, 0) is 29.8 Å². The molecule has 0 aliphatic rings. The second-order valence-electron chi connectivity index (χ2n) is 4.60. The van der Waals surface area contributed by atoms with Crippen LogP contribution in [0.15, 0.2) is 42.5 Å². The minimum atomic E-state index is -4.41. The van der Waals surface area contributed by atoms with Crippen molar-refractivity contribution in [2.24, 2.45) is 0 Å². The van der Waals surface area contributed by atoms with E-state index in [4.69, 9.17) is 11.6 Å². The van der Waals surface area contributed by atoms with Gasteiger partial charge in [0.25, 0.3) is 0 Å². The molecule has 0 amide bonds. The second kappa shape index (κ2) is 5.37. The van der Waals surface area contributed by atoms with Gasteiger partial charge >= 0.3 is 6.18 Å². The summed E-state index contributed by atoms with van der Waals surface area (Å²) in [6.45, 7) is 0. The molecule has 1 nitrogen and oxygen atoms in total. The molecule has 20 heavy (non-hydrogen) atoms. The van der Waals surface area contributed by atoms with E-state index in [-0.39, 0.29) is 5.56 Å². The maximum Gasteiger partial charge on any atom is 0.417 e. The molecule has 5 heteroatoms. The lowest BCUT2D eigenvalue weighted by molar-refractivity contribution is -0.137. The highest BCUT2D eigenvalue weighted by atomic mass is 35.5. The molecule has 106 valence electrons. The molecule has 0 aromatic heterocycles. The summed E-state index contributed by atoms with van der Waals surface area (Å²) in [6, 6.07) is 10.5. The van der Waals surface area contributed by atoms with Crippen molar-refractivity contribution in [2.45, 2.75) is 6.18 Å². The molecular weight excluding hydrogens is 287 g/mol. The van der Waals surface area contributed by atoms with Gasteiger partial charge in [-0.2, -0.15) is 13.2 Å². The van der Waals surface area contributed by atoms with Gasteiger partial charge in [-0.3, -0.25) is 0 Å². The third kappa shape index (κ3) is 2.90. The van der Waals surface area contributed by atoms with Crippen molar-refractivity contribution in [3.05, 3.63) is 53.1 Å². The lowest BCUT2D eigenvalue weighted by atomic mass is 9.98. The molecule has 2 rings (SSSR count). The van der Waals surface area contributed by atoms with E-state index in [1.165, 1.54) is 12.1 Å².